The molecule has 0 atom stereocenters. The summed E-state index contributed by atoms with van der Waals surface area (Å²) in [5.41, 5.74) is 6.12. The number of amides is 1. The van der Waals surface area contributed by atoms with Gasteiger partial charge in [0.2, 0.25) is 0 Å². The summed E-state index contributed by atoms with van der Waals surface area (Å²) in [5.74, 6) is 1.38. The second kappa shape index (κ2) is 10.6. The van der Waals surface area contributed by atoms with Crippen LogP contribution in [0.4, 0.5) is 0 Å². The van der Waals surface area contributed by atoms with Crippen molar-refractivity contribution in [2.45, 2.75) is 12.1 Å². The van der Waals surface area contributed by atoms with Gasteiger partial charge in [0.15, 0.2) is 11.0 Å². The Morgan fingerprint density at radius 3 is 2.30 bits per heavy atom. The Labute approximate surface area is 196 Å². The van der Waals surface area contributed by atoms with Gasteiger partial charge in [0.25, 0.3) is 5.91 Å². The molecule has 0 aliphatic carbocycles. The summed E-state index contributed by atoms with van der Waals surface area (Å²) in [7, 11) is 1.63. The average Bonchev–Trinajstić information content (AvgIpc) is 3.31. The van der Waals surface area contributed by atoms with Crippen LogP contribution in [0, 0.1) is 0 Å². The number of nitrogens with zero attached hydrogens (tertiary/aromatic N) is 4. The number of ether oxygens (including phenoxy) is 1. The van der Waals surface area contributed by atoms with Gasteiger partial charge in [-0.3, -0.25) is 9.36 Å². The molecule has 0 aliphatic heterocycles. The van der Waals surface area contributed by atoms with Gasteiger partial charge >= 0.3 is 0 Å². The molecule has 3 aromatic carbocycles. The first-order chi connectivity index (χ1) is 16.2. The molecule has 0 spiro atoms. The molecule has 1 heterocycles. The molecule has 8 heteroatoms. The number of aromatic nitrogens is 3. The molecule has 7 nitrogen and oxygen atoms in total. The van der Waals surface area contributed by atoms with Crippen molar-refractivity contribution in [2.75, 3.05) is 12.9 Å². The van der Waals surface area contributed by atoms with Gasteiger partial charge in [-0.2, -0.15) is 5.10 Å². The van der Waals surface area contributed by atoms with Crippen molar-refractivity contribution in [3.8, 4) is 22.8 Å². The molecule has 4 aromatic rings. The smallest absolute Gasteiger partial charge is 0.250 e. The highest BCUT2D eigenvalue weighted by Crippen LogP contribution is 2.28. The Kier molecular flexibility index (Phi) is 7.16. The SMILES string of the molecule is COc1ccc(-c2nnc(SCC(=O)N/N=C(/C)c3ccccc3)n2-c2ccccc2)cc1. The lowest BCUT2D eigenvalue weighted by Crippen LogP contribution is -2.21. The maximum Gasteiger partial charge on any atom is 0.250 e. The quantitative estimate of drug-likeness (QED) is 0.238. The van der Waals surface area contributed by atoms with Crippen molar-refractivity contribution in [1.82, 2.24) is 20.2 Å². The van der Waals surface area contributed by atoms with Crippen LogP contribution in [0.25, 0.3) is 17.1 Å². The highest BCUT2D eigenvalue weighted by Gasteiger charge is 2.17. The Bertz CT molecular complexity index is 1240. The molecule has 1 aromatic heterocycles. The lowest BCUT2D eigenvalue weighted by molar-refractivity contribution is -0.118. The second-order valence-electron chi connectivity index (χ2n) is 7.09. The van der Waals surface area contributed by atoms with E-state index in [1.807, 2.05) is 96.4 Å². The van der Waals surface area contributed by atoms with E-state index in [1.165, 1.54) is 11.8 Å². The third-order valence-corrected chi connectivity index (χ3v) is 5.80. The fourth-order valence-electron chi connectivity index (χ4n) is 3.15. The number of rotatable bonds is 8. The number of carbonyl (C=O) groups is 1. The van der Waals surface area contributed by atoms with Gasteiger partial charge < -0.3 is 4.74 Å². The molecule has 1 amide bonds. The predicted octanol–water partition coefficient (Wildman–Crippen LogP) is 4.58. The summed E-state index contributed by atoms with van der Waals surface area (Å²) in [6, 6.07) is 27.2. The predicted molar refractivity (Wildman–Crippen MR) is 131 cm³/mol. The van der Waals surface area contributed by atoms with E-state index in [0.29, 0.717) is 11.0 Å². The van der Waals surface area contributed by atoms with Crippen LogP contribution in [-0.4, -0.2) is 39.2 Å². The van der Waals surface area contributed by atoms with Crippen LogP contribution in [0.5, 0.6) is 5.75 Å². The number of carbonyl (C=O) groups excluding carboxylic acids is 1. The zero-order chi connectivity index (χ0) is 23.0. The van der Waals surface area contributed by atoms with E-state index in [4.69, 9.17) is 4.74 Å². The number of hydrazone groups is 1. The largest absolute Gasteiger partial charge is 0.497 e. The van der Waals surface area contributed by atoms with Crippen molar-refractivity contribution < 1.29 is 9.53 Å². The van der Waals surface area contributed by atoms with Gasteiger partial charge in [-0.15, -0.1) is 10.2 Å². The number of benzene rings is 3. The van der Waals surface area contributed by atoms with Crippen molar-refractivity contribution in [3.05, 3.63) is 90.5 Å². The number of para-hydroxylation sites is 1. The van der Waals surface area contributed by atoms with Gasteiger partial charge in [-0.1, -0.05) is 60.3 Å². The third kappa shape index (κ3) is 5.48. The summed E-state index contributed by atoms with van der Waals surface area (Å²) in [6.07, 6.45) is 0. The van der Waals surface area contributed by atoms with E-state index >= 15 is 0 Å². The Morgan fingerprint density at radius 2 is 1.64 bits per heavy atom. The molecule has 166 valence electrons. The van der Waals surface area contributed by atoms with E-state index < -0.39 is 0 Å². The van der Waals surface area contributed by atoms with Crippen LogP contribution in [0.2, 0.25) is 0 Å². The van der Waals surface area contributed by atoms with Gasteiger partial charge in [-0.05, 0) is 48.9 Å². The molecule has 0 saturated heterocycles. The minimum atomic E-state index is -0.219. The lowest BCUT2D eigenvalue weighted by atomic mass is 10.1. The molecule has 1 N–H and O–H groups in total. The van der Waals surface area contributed by atoms with Crippen LogP contribution in [-0.2, 0) is 4.79 Å². The normalized spacial score (nSPS) is 11.3. The number of hydrogen-bond donors (Lipinski definition) is 1. The van der Waals surface area contributed by atoms with Crippen LogP contribution in [0.1, 0.15) is 12.5 Å². The maximum absolute atomic E-state index is 12.4. The monoisotopic (exact) mass is 457 g/mol. The van der Waals surface area contributed by atoms with Gasteiger partial charge in [0.1, 0.15) is 5.75 Å². The molecule has 0 bridgehead atoms. The highest BCUT2D eigenvalue weighted by atomic mass is 32.2. The zero-order valence-corrected chi connectivity index (χ0v) is 19.1. The molecule has 0 aliphatic rings. The molecule has 0 fully saturated rings. The maximum atomic E-state index is 12.4. The molecular weight excluding hydrogens is 434 g/mol. The van der Waals surface area contributed by atoms with E-state index in [9.17, 15) is 4.79 Å². The number of methoxy groups -OCH3 is 1. The van der Waals surface area contributed by atoms with Crippen molar-refractivity contribution in [1.29, 1.82) is 0 Å². The summed E-state index contributed by atoms with van der Waals surface area (Å²) in [6.45, 7) is 1.86. The second-order valence-corrected chi connectivity index (χ2v) is 8.04. The Morgan fingerprint density at radius 1 is 0.970 bits per heavy atom. The first kappa shape index (κ1) is 22.3. The van der Waals surface area contributed by atoms with E-state index in [1.54, 1.807) is 7.11 Å². The van der Waals surface area contributed by atoms with Crippen LogP contribution < -0.4 is 10.2 Å². The van der Waals surface area contributed by atoms with Crippen molar-refractivity contribution >= 4 is 23.4 Å². The molecule has 0 radical (unpaired) electrons. The van der Waals surface area contributed by atoms with E-state index in [-0.39, 0.29) is 11.7 Å². The van der Waals surface area contributed by atoms with Gasteiger partial charge in [0.05, 0.1) is 18.6 Å². The topological polar surface area (TPSA) is 81.4 Å². The van der Waals surface area contributed by atoms with Crippen LogP contribution in [0.3, 0.4) is 0 Å². The number of hydrogen-bond acceptors (Lipinski definition) is 6. The van der Waals surface area contributed by atoms with E-state index in [0.717, 1.165) is 28.3 Å². The zero-order valence-electron chi connectivity index (χ0n) is 18.3. The van der Waals surface area contributed by atoms with Gasteiger partial charge in [-0.25, -0.2) is 5.43 Å². The lowest BCUT2D eigenvalue weighted by Gasteiger charge is -2.10. The summed E-state index contributed by atoms with van der Waals surface area (Å²) in [4.78, 5) is 12.4. The first-order valence-electron chi connectivity index (χ1n) is 10.3. The molecular formula is C25H23N5O2S. The van der Waals surface area contributed by atoms with Crippen LogP contribution >= 0.6 is 11.8 Å². The Balaban J connectivity index is 1.52. The molecule has 4 rings (SSSR count). The molecule has 33 heavy (non-hydrogen) atoms. The minimum Gasteiger partial charge on any atom is -0.497 e. The van der Waals surface area contributed by atoms with Crippen LogP contribution in [0.15, 0.2) is 95.2 Å². The fourth-order valence-corrected chi connectivity index (χ4v) is 3.90. The molecule has 0 unspecified atom stereocenters. The van der Waals surface area contributed by atoms with E-state index in [2.05, 4.69) is 20.7 Å². The standard InChI is InChI=1S/C25H23N5O2S/c1-18(19-9-5-3-6-10-19)26-27-23(31)17-33-25-29-28-24(20-13-15-22(32-2)16-14-20)30(25)21-11-7-4-8-12-21/h3-16H,17H2,1-2H3,(H,27,31)/b26-18-. The highest BCUT2D eigenvalue weighted by molar-refractivity contribution is 7.99. The Hall–Kier alpha value is -3.91. The third-order valence-electron chi connectivity index (χ3n) is 4.87. The molecule has 0 saturated carbocycles. The minimum absolute atomic E-state index is 0.152. The first-order valence-corrected chi connectivity index (χ1v) is 11.3. The van der Waals surface area contributed by atoms with Gasteiger partial charge in [0, 0.05) is 11.3 Å². The van der Waals surface area contributed by atoms with Crippen molar-refractivity contribution in [2.24, 2.45) is 5.10 Å². The summed E-state index contributed by atoms with van der Waals surface area (Å²) in [5, 5.41) is 13.6. The number of thioether (sulfide) groups is 1. The fraction of sp³-hybridized carbons (Fsp3) is 0.120. The number of nitrogens with one attached hydrogen (secondary N) is 1. The average molecular weight is 458 g/mol. The van der Waals surface area contributed by atoms with Crippen molar-refractivity contribution in [3.63, 3.8) is 0 Å². The summed E-state index contributed by atoms with van der Waals surface area (Å²) < 4.78 is 7.20. The summed E-state index contributed by atoms with van der Waals surface area (Å²) >= 11 is 1.30.